The van der Waals surface area contributed by atoms with E-state index in [1.54, 1.807) is 19.9 Å². The summed E-state index contributed by atoms with van der Waals surface area (Å²) in [4.78, 5) is 6.02. The number of nitrogens with one attached hydrogen (secondary N) is 2. The minimum absolute atomic E-state index is 0.0114. The first-order chi connectivity index (χ1) is 9.92. The average molecular weight is 330 g/mol. The third-order valence-corrected chi connectivity index (χ3v) is 5.46. The smallest absolute Gasteiger partial charge is 0.242 e. The molecule has 0 saturated heterocycles. The molecule has 2 rings (SSSR count). The zero-order chi connectivity index (χ0) is 15.5. The second-order valence-electron chi connectivity index (χ2n) is 4.47. The van der Waals surface area contributed by atoms with E-state index in [0.29, 0.717) is 23.2 Å². The van der Waals surface area contributed by atoms with Crippen molar-refractivity contribution in [3.63, 3.8) is 0 Å². The molecule has 2 N–H and O–H groups in total. The third-order valence-electron chi connectivity index (χ3n) is 2.75. The second-order valence-corrected chi connectivity index (χ2v) is 7.54. The molecule has 2 heterocycles. The molecule has 0 aliphatic rings. The summed E-state index contributed by atoms with van der Waals surface area (Å²) in [6.45, 7) is 6.98. The summed E-state index contributed by atoms with van der Waals surface area (Å²) in [5.41, 5.74) is 0. The van der Waals surface area contributed by atoms with Crippen LogP contribution in [0.1, 0.15) is 28.4 Å². The number of thiophene rings is 1. The zero-order valence-electron chi connectivity index (χ0n) is 12.1. The number of sulfonamides is 1. The van der Waals surface area contributed by atoms with Crippen molar-refractivity contribution in [1.82, 2.24) is 20.2 Å². The van der Waals surface area contributed by atoms with E-state index in [4.69, 9.17) is 4.52 Å². The highest BCUT2D eigenvalue weighted by Crippen LogP contribution is 2.25. The first kappa shape index (κ1) is 16.1. The maximum atomic E-state index is 12.3. The fraction of sp³-hybridized carbons (Fsp3) is 0.500. The highest BCUT2D eigenvalue weighted by molar-refractivity contribution is 7.89. The molecule has 2 aromatic heterocycles. The van der Waals surface area contributed by atoms with Crippen molar-refractivity contribution in [2.75, 3.05) is 6.54 Å². The van der Waals surface area contributed by atoms with Gasteiger partial charge in [-0.25, -0.2) is 13.1 Å². The van der Waals surface area contributed by atoms with Crippen LogP contribution in [0, 0.1) is 13.8 Å². The van der Waals surface area contributed by atoms with Crippen LogP contribution >= 0.6 is 11.3 Å². The minimum atomic E-state index is -3.57. The normalized spacial score (nSPS) is 12.0. The molecule has 116 valence electrons. The molecule has 0 spiro atoms. The van der Waals surface area contributed by atoms with Gasteiger partial charge in [0.2, 0.25) is 15.9 Å². The van der Waals surface area contributed by atoms with E-state index in [1.807, 2.05) is 6.92 Å². The van der Waals surface area contributed by atoms with Crippen molar-refractivity contribution in [1.29, 1.82) is 0 Å². The highest BCUT2D eigenvalue weighted by Gasteiger charge is 2.20. The number of aryl methyl sites for hydroxylation is 2. The SMILES string of the molecule is CCNCc1cc(S(=O)(=O)NCc2noc(C)n2)c(C)s1. The number of hydrogen-bond acceptors (Lipinski definition) is 7. The molecule has 0 fully saturated rings. The summed E-state index contributed by atoms with van der Waals surface area (Å²) in [6.07, 6.45) is 0. The first-order valence-corrected chi connectivity index (χ1v) is 8.81. The maximum absolute atomic E-state index is 12.3. The topological polar surface area (TPSA) is 97.1 Å². The summed E-state index contributed by atoms with van der Waals surface area (Å²) in [6, 6.07) is 1.70. The molecule has 0 aromatic carbocycles. The fourth-order valence-corrected chi connectivity index (χ4v) is 4.36. The molecule has 21 heavy (non-hydrogen) atoms. The molecule has 0 unspecified atom stereocenters. The van der Waals surface area contributed by atoms with Gasteiger partial charge in [-0.15, -0.1) is 11.3 Å². The third kappa shape index (κ3) is 4.10. The lowest BCUT2D eigenvalue weighted by Gasteiger charge is -2.03. The maximum Gasteiger partial charge on any atom is 0.242 e. The molecule has 0 amide bonds. The average Bonchev–Trinajstić information content (AvgIpc) is 3.00. The van der Waals surface area contributed by atoms with Crippen LogP contribution in [0.2, 0.25) is 0 Å². The highest BCUT2D eigenvalue weighted by atomic mass is 32.2. The molecule has 2 aromatic rings. The monoisotopic (exact) mass is 330 g/mol. The molecule has 0 aliphatic carbocycles. The van der Waals surface area contributed by atoms with E-state index in [2.05, 4.69) is 20.2 Å². The lowest BCUT2D eigenvalue weighted by molar-refractivity contribution is 0.387. The summed E-state index contributed by atoms with van der Waals surface area (Å²) in [5.74, 6) is 0.723. The first-order valence-electron chi connectivity index (χ1n) is 6.51. The van der Waals surface area contributed by atoms with Crippen molar-refractivity contribution in [2.45, 2.75) is 38.8 Å². The Morgan fingerprint density at radius 3 is 2.71 bits per heavy atom. The van der Waals surface area contributed by atoms with Gasteiger partial charge < -0.3 is 9.84 Å². The van der Waals surface area contributed by atoms with Crippen molar-refractivity contribution in [2.24, 2.45) is 0 Å². The number of rotatable bonds is 7. The van der Waals surface area contributed by atoms with Crippen LogP contribution in [0.3, 0.4) is 0 Å². The van der Waals surface area contributed by atoms with E-state index in [0.717, 1.165) is 16.3 Å². The van der Waals surface area contributed by atoms with Gasteiger partial charge in [0.05, 0.1) is 11.4 Å². The van der Waals surface area contributed by atoms with Crippen LogP contribution in [0.4, 0.5) is 0 Å². The quantitative estimate of drug-likeness (QED) is 0.795. The second kappa shape index (κ2) is 6.65. The van der Waals surface area contributed by atoms with Crippen molar-refractivity contribution < 1.29 is 12.9 Å². The molecule has 0 atom stereocenters. The lowest BCUT2D eigenvalue weighted by Crippen LogP contribution is -2.24. The summed E-state index contributed by atoms with van der Waals surface area (Å²) in [7, 11) is -3.57. The van der Waals surface area contributed by atoms with Crippen LogP contribution in [0.15, 0.2) is 15.5 Å². The number of hydrogen-bond donors (Lipinski definition) is 2. The summed E-state index contributed by atoms with van der Waals surface area (Å²) >= 11 is 1.48. The predicted octanol–water partition coefficient (Wildman–Crippen LogP) is 1.34. The Balaban J connectivity index is 2.09. The van der Waals surface area contributed by atoms with Gasteiger partial charge in [-0.1, -0.05) is 12.1 Å². The molecule has 7 nitrogen and oxygen atoms in total. The van der Waals surface area contributed by atoms with Crippen LogP contribution in [-0.4, -0.2) is 25.1 Å². The molecule has 0 radical (unpaired) electrons. The molecule has 0 aliphatic heterocycles. The van der Waals surface area contributed by atoms with Crippen molar-refractivity contribution in [3.05, 3.63) is 27.5 Å². The minimum Gasteiger partial charge on any atom is -0.340 e. The van der Waals surface area contributed by atoms with Gasteiger partial charge in [-0.2, -0.15) is 4.98 Å². The Morgan fingerprint density at radius 1 is 1.33 bits per heavy atom. The Labute approximate surface area is 127 Å². The van der Waals surface area contributed by atoms with Crippen LogP contribution in [-0.2, 0) is 23.1 Å². The van der Waals surface area contributed by atoms with Gasteiger partial charge in [0.1, 0.15) is 0 Å². The number of nitrogens with zero attached hydrogens (tertiary/aromatic N) is 2. The molecular weight excluding hydrogens is 312 g/mol. The van der Waals surface area contributed by atoms with Crippen LogP contribution < -0.4 is 10.0 Å². The Morgan fingerprint density at radius 2 is 2.10 bits per heavy atom. The fourth-order valence-electron chi connectivity index (χ4n) is 1.78. The van der Waals surface area contributed by atoms with Crippen molar-refractivity contribution in [3.8, 4) is 0 Å². The largest absolute Gasteiger partial charge is 0.340 e. The van der Waals surface area contributed by atoms with Crippen molar-refractivity contribution >= 4 is 21.4 Å². The van der Waals surface area contributed by atoms with Gasteiger partial charge in [0.25, 0.3) is 0 Å². The van der Waals surface area contributed by atoms with Gasteiger partial charge in [-0.3, -0.25) is 0 Å². The van der Waals surface area contributed by atoms with Gasteiger partial charge >= 0.3 is 0 Å². The van der Waals surface area contributed by atoms with E-state index < -0.39 is 10.0 Å². The molecule has 9 heteroatoms. The van der Waals surface area contributed by atoms with E-state index in [-0.39, 0.29) is 6.54 Å². The summed E-state index contributed by atoms with van der Waals surface area (Å²) in [5, 5.41) is 6.84. The molecule has 0 bridgehead atoms. The molecule has 0 saturated carbocycles. The Bertz CT molecular complexity index is 706. The van der Waals surface area contributed by atoms with Gasteiger partial charge in [-0.05, 0) is 19.5 Å². The van der Waals surface area contributed by atoms with Gasteiger partial charge in [0, 0.05) is 23.2 Å². The van der Waals surface area contributed by atoms with Crippen LogP contribution in [0.25, 0.3) is 0 Å². The zero-order valence-corrected chi connectivity index (χ0v) is 13.8. The number of aromatic nitrogens is 2. The van der Waals surface area contributed by atoms with E-state index >= 15 is 0 Å². The lowest BCUT2D eigenvalue weighted by atomic mass is 10.4. The Kier molecular flexibility index (Phi) is 5.09. The predicted molar refractivity (Wildman–Crippen MR) is 79.5 cm³/mol. The summed E-state index contributed by atoms with van der Waals surface area (Å²) < 4.78 is 31.9. The van der Waals surface area contributed by atoms with Gasteiger partial charge in [0.15, 0.2) is 5.82 Å². The van der Waals surface area contributed by atoms with Crippen LogP contribution in [0.5, 0.6) is 0 Å². The van der Waals surface area contributed by atoms with E-state index in [9.17, 15) is 8.42 Å². The molecular formula is C12H18N4O3S2. The Hall–Kier alpha value is -1.29. The standard InChI is InChI=1S/C12H18N4O3S2/c1-4-13-6-10-5-11(8(2)20-10)21(17,18)14-7-12-15-9(3)19-16-12/h5,13-14H,4,6-7H2,1-3H3. The van der Waals surface area contributed by atoms with E-state index in [1.165, 1.54) is 11.3 Å².